The van der Waals surface area contributed by atoms with Crippen molar-refractivity contribution in [1.29, 1.82) is 0 Å². The lowest BCUT2D eigenvalue weighted by Crippen LogP contribution is -2.49. The van der Waals surface area contributed by atoms with Crippen LogP contribution in [0.4, 0.5) is 0 Å². The van der Waals surface area contributed by atoms with Crippen LogP contribution in [-0.2, 0) is 0 Å². The summed E-state index contributed by atoms with van der Waals surface area (Å²) in [7, 11) is 1.60. The Hall–Kier alpha value is -2.18. The number of thioether (sulfide) groups is 1. The predicted molar refractivity (Wildman–Crippen MR) is 109 cm³/mol. The molecule has 144 valence electrons. The maximum atomic E-state index is 12.7. The molecule has 1 aliphatic rings. The molecule has 1 aliphatic heterocycles. The Kier molecular flexibility index (Phi) is 7.01. The summed E-state index contributed by atoms with van der Waals surface area (Å²) in [6.45, 7) is 4.67. The molecule has 0 spiro atoms. The van der Waals surface area contributed by atoms with Crippen LogP contribution >= 0.6 is 11.8 Å². The highest BCUT2D eigenvalue weighted by molar-refractivity contribution is 7.98. The van der Waals surface area contributed by atoms with Gasteiger partial charge in [0.05, 0.1) is 12.7 Å². The molecule has 27 heavy (non-hydrogen) atoms. The van der Waals surface area contributed by atoms with E-state index in [1.54, 1.807) is 18.9 Å². The first kappa shape index (κ1) is 19.6. The normalized spacial score (nSPS) is 14.8. The largest absolute Gasteiger partial charge is 0.496 e. The quantitative estimate of drug-likeness (QED) is 0.684. The zero-order valence-electron chi connectivity index (χ0n) is 15.9. The van der Waals surface area contributed by atoms with Crippen molar-refractivity contribution in [2.75, 3.05) is 52.7 Å². The maximum absolute atomic E-state index is 12.7. The van der Waals surface area contributed by atoms with Crippen LogP contribution in [0.15, 0.2) is 53.4 Å². The van der Waals surface area contributed by atoms with Gasteiger partial charge in [-0.05, 0) is 42.7 Å². The minimum atomic E-state index is 0.0391. The van der Waals surface area contributed by atoms with Crippen LogP contribution in [0.5, 0.6) is 11.5 Å². The van der Waals surface area contributed by atoms with E-state index in [0.29, 0.717) is 17.9 Å². The number of hydrogen-bond donors (Lipinski definition) is 0. The molecule has 1 amide bonds. The number of amides is 1. The van der Waals surface area contributed by atoms with E-state index >= 15 is 0 Å². The van der Waals surface area contributed by atoms with E-state index in [2.05, 4.69) is 23.3 Å². The van der Waals surface area contributed by atoms with Crippen molar-refractivity contribution >= 4 is 17.7 Å². The van der Waals surface area contributed by atoms with Gasteiger partial charge in [0, 0.05) is 37.6 Å². The summed E-state index contributed by atoms with van der Waals surface area (Å²) in [6, 6.07) is 15.6. The number of hydrogen-bond acceptors (Lipinski definition) is 5. The minimum Gasteiger partial charge on any atom is -0.496 e. The lowest BCUT2D eigenvalue weighted by Gasteiger charge is -2.34. The van der Waals surface area contributed by atoms with Crippen LogP contribution in [0, 0.1) is 0 Å². The van der Waals surface area contributed by atoms with Crippen molar-refractivity contribution < 1.29 is 14.3 Å². The van der Waals surface area contributed by atoms with Crippen LogP contribution in [0.3, 0.4) is 0 Å². The third kappa shape index (κ3) is 5.17. The molecule has 0 N–H and O–H groups in total. The number of ether oxygens (including phenoxy) is 2. The summed E-state index contributed by atoms with van der Waals surface area (Å²) in [4.78, 5) is 18.2. The second-order valence-corrected chi connectivity index (χ2v) is 7.24. The monoisotopic (exact) mass is 386 g/mol. The van der Waals surface area contributed by atoms with Crippen LogP contribution in [0.1, 0.15) is 10.4 Å². The lowest BCUT2D eigenvalue weighted by molar-refractivity contribution is 0.0617. The third-order valence-electron chi connectivity index (χ3n) is 4.73. The highest BCUT2D eigenvalue weighted by Crippen LogP contribution is 2.21. The van der Waals surface area contributed by atoms with Crippen molar-refractivity contribution in [2.45, 2.75) is 4.90 Å². The van der Waals surface area contributed by atoms with Gasteiger partial charge in [-0.15, -0.1) is 11.8 Å². The number of piperazine rings is 1. The van der Waals surface area contributed by atoms with Crippen molar-refractivity contribution in [3.63, 3.8) is 0 Å². The molecular formula is C21H26N2O3S. The first-order valence-electron chi connectivity index (χ1n) is 9.13. The topological polar surface area (TPSA) is 42.0 Å². The second kappa shape index (κ2) is 9.67. The van der Waals surface area contributed by atoms with Gasteiger partial charge in [-0.2, -0.15) is 0 Å². The standard InChI is InChI=1S/C21H26N2O3S/c1-25-20-6-4-3-5-19(20)21(24)23-13-11-22(12-14-23)15-16-26-17-7-9-18(27-2)10-8-17/h3-10H,11-16H2,1-2H3. The van der Waals surface area contributed by atoms with Crippen molar-refractivity contribution in [1.82, 2.24) is 9.80 Å². The first-order valence-corrected chi connectivity index (χ1v) is 10.3. The molecule has 5 nitrogen and oxygen atoms in total. The molecule has 6 heteroatoms. The average Bonchev–Trinajstić information content (AvgIpc) is 2.74. The van der Waals surface area contributed by atoms with Crippen LogP contribution in [-0.4, -0.2) is 68.4 Å². The molecule has 2 aromatic carbocycles. The number of methoxy groups -OCH3 is 1. The number of para-hydroxylation sites is 1. The highest BCUT2D eigenvalue weighted by atomic mass is 32.2. The number of carbonyl (C=O) groups is 1. The van der Waals surface area contributed by atoms with Gasteiger partial charge in [-0.1, -0.05) is 12.1 Å². The molecule has 1 fully saturated rings. The van der Waals surface area contributed by atoms with Crippen molar-refractivity contribution in [3.8, 4) is 11.5 Å². The Morgan fingerprint density at radius 2 is 1.74 bits per heavy atom. The van der Waals surface area contributed by atoms with Crippen molar-refractivity contribution in [3.05, 3.63) is 54.1 Å². The molecule has 2 aromatic rings. The fourth-order valence-electron chi connectivity index (χ4n) is 3.13. The summed E-state index contributed by atoms with van der Waals surface area (Å²) in [5, 5.41) is 0. The summed E-state index contributed by atoms with van der Waals surface area (Å²) >= 11 is 1.72. The third-order valence-corrected chi connectivity index (χ3v) is 5.48. The van der Waals surface area contributed by atoms with E-state index in [1.807, 2.05) is 41.3 Å². The van der Waals surface area contributed by atoms with Gasteiger partial charge in [0.25, 0.3) is 5.91 Å². The lowest BCUT2D eigenvalue weighted by atomic mass is 10.1. The van der Waals surface area contributed by atoms with E-state index in [-0.39, 0.29) is 5.91 Å². The molecule has 0 atom stereocenters. The number of carbonyl (C=O) groups excluding carboxylic acids is 1. The highest BCUT2D eigenvalue weighted by Gasteiger charge is 2.23. The molecule has 3 rings (SSSR count). The van der Waals surface area contributed by atoms with E-state index in [0.717, 1.165) is 38.5 Å². The molecule has 0 saturated carbocycles. The van der Waals surface area contributed by atoms with Gasteiger partial charge in [0.15, 0.2) is 0 Å². The van der Waals surface area contributed by atoms with Gasteiger partial charge in [-0.25, -0.2) is 0 Å². The molecule has 1 heterocycles. The Labute approximate surface area is 165 Å². The summed E-state index contributed by atoms with van der Waals surface area (Å²) in [5.74, 6) is 1.57. The molecule has 1 saturated heterocycles. The maximum Gasteiger partial charge on any atom is 0.257 e. The summed E-state index contributed by atoms with van der Waals surface area (Å²) in [6.07, 6.45) is 2.06. The molecular weight excluding hydrogens is 360 g/mol. The number of benzene rings is 2. The van der Waals surface area contributed by atoms with E-state index in [9.17, 15) is 4.79 Å². The Bertz CT molecular complexity index is 743. The smallest absolute Gasteiger partial charge is 0.257 e. The second-order valence-electron chi connectivity index (χ2n) is 6.36. The SMILES string of the molecule is COc1ccccc1C(=O)N1CCN(CCOc2ccc(SC)cc2)CC1. The van der Waals surface area contributed by atoms with Gasteiger partial charge in [-0.3, -0.25) is 9.69 Å². The molecule has 0 unspecified atom stereocenters. The average molecular weight is 387 g/mol. The van der Waals surface area contributed by atoms with Crippen LogP contribution in [0.25, 0.3) is 0 Å². The van der Waals surface area contributed by atoms with Crippen LogP contribution in [0.2, 0.25) is 0 Å². The number of nitrogens with zero attached hydrogens (tertiary/aromatic N) is 2. The Morgan fingerprint density at radius 1 is 1.04 bits per heavy atom. The first-order chi connectivity index (χ1) is 13.2. The molecule has 0 aromatic heterocycles. The fourth-order valence-corrected chi connectivity index (χ4v) is 3.54. The molecule has 0 bridgehead atoms. The zero-order chi connectivity index (χ0) is 19.1. The van der Waals surface area contributed by atoms with E-state index < -0.39 is 0 Å². The number of rotatable bonds is 7. The van der Waals surface area contributed by atoms with Gasteiger partial charge >= 0.3 is 0 Å². The molecule has 0 aliphatic carbocycles. The van der Waals surface area contributed by atoms with Gasteiger partial charge in [0.1, 0.15) is 18.1 Å². The Morgan fingerprint density at radius 3 is 2.41 bits per heavy atom. The van der Waals surface area contributed by atoms with E-state index in [1.165, 1.54) is 4.90 Å². The predicted octanol–water partition coefficient (Wildman–Crippen LogP) is 3.25. The van der Waals surface area contributed by atoms with E-state index in [4.69, 9.17) is 9.47 Å². The minimum absolute atomic E-state index is 0.0391. The van der Waals surface area contributed by atoms with Gasteiger partial charge < -0.3 is 14.4 Å². The zero-order valence-corrected chi connectivity index (χ0v) is 16.7. The molecule has 0 radical (unpaired) electrons. The Balaban J connectivity index is 1.44. The fraction of sp³-hybridized carbons (Fsp3) is 0.381. The summed E-state index contributed by atoms with van der Waals surface area (Å²) < 4.78 is 11.1. The van der Waals surface area contributed by atoms with Crippen molar-refractivity contribution in [2.24, 2.45) is 0 Å². The van der Waals surface area contributed by atoms with Gasteiger partial charge in [0.2, 0.25) is 0 Å². The van der Waals surface area contributed by atoms with Crippen LogP contribution < -0.4 is 9.47 Å². The summed E-state index contributed by atoms with van der Waals surface area (Å²) in [5.41, 5.74) is 0.630.